The first-order valence-electron chi connectivity index (χ1n) is 10.9. The molecule has 1 amide bonds. The van der Waals surface area contributed by atoms with Crippen molar-refractivity contribution in [1.82, 2.24) is 14.8 Å². The quantitative estimate of drug-likeness (QED) is 0.771. The molecule has 3 fully saturated rings. The van der Waals surface area contributed by atoms with Crippen molar-refractivity contribution in [3.05, 3.63) is 59.7 Å². The predicted octanol–water partition coefficient (Wildman–Crippen LogP) is 3.92. The molecule has 0 unspecified atom stereocenters. The minimum absolute atomic E-state index is 0.0688. The molecule has 4 heterocycles. The van der Waals surface area contributed by atoms with Crippen molar-refractivity contribution in [1.29, 1.82) is 0 Å². The zero-order valence-corrected chi connectivity index (χ0v) is 17.3. The summed E-state index contributed by atoms with van der Waals surface area (Å²) in [6.07, 6.45) is 5.91. The molecule has 0 spiro atoms. The van der Waals surface area contributed by atoms with E-state index in [1.54, 1.807) is 7.11 Å². The van der Waals surface area contributed by atoms with Gasteiger partial charge in [0.1, 0.15) is 17.3 Å². The van der Waals surface area contributed by atoms with Crippen molar-refractivity contribution >= 4 is 5.91 Å². The average Bonchev–Trinajstić information content (AvgIpc) is 2.79. The van der Waals surface area contributed by atoms with Gasteiger partial charge >= 0.3 is 0 Å². The Hall–Kier alpha value is -2.47. The number of halogens is 1. The number of ether oxygens (including phenoxy) is 1. The van der Waals surface area contributed by atoms with Gasteiger partial charge in [-0.05, 0) is 67.3 Å². The van der Waals surface area contributed by atoms with E-state index < -0.39 is 5.82 Å². The number of nitrogens with zero attached hydrogens (tertiary/aromatic N) is 3. The van der Waals surface area contributed by atoms with Gasteiger partial charge in [-0.15, -0.1) is 0 Å². The smallest absolute Gasteiger partial charge is 0.272 e. The second kappa shape index (κ2) is 7.99. The lowest BCUT2D eigenvalue weighted by atomic mass is 9.74. The molecule has 0 aliphatic carbocycles. The van der Waals surface area contributed by atoms with Crippen molar-refractivity contribution in [2.24, 2.45) is 11.8 Å². The van der Waals surface area contributed by atoms with Crippen molar-refractivity contribution in [2.45, 2.75) is 37.8 Å². The van der Waals surface area contributed by atoms with Crippen LogP contribution in [0.1, 0.15) is 47.8 Å². The predicted molar refractivity (Wildman–Crippen MR) is 112 cm³/mol. The number of hydrogen-bond donors (Lipinski definition) is 0. The standard InChI is InChI=1S/C24H28FN3O2/c1-30-20-8-5-17(6-9-20)22-3-2-4-23-18-11-16(14-28(22)23)13-27(15-18)24(29)21-10-7-19(25)12-26-21/h5-10,12,16,18,22-23H,2-4,11,13-15H2,1H3/t16-,18+,22+,23-/m0/s1. The molecule has 6 heteroatoms. The van der Waals surface area contributed by atoms with Gasteiger partial charge in [-0.25, -0.2) is 9.37 Å². The van der Waals surface area contributed by atoms with Crippen molar-refractivity contribution in [3.63, 3.8) is 0 Å². The monoisotopic (exact) mass is 409 g/mol. The van der Waals surface area contributed by atoms with Crippen LogP contribution in [0.2, 0.25) is 0 Å². The molecule has 158 valence electrons. The van der Waals surface area contributed by atoms with Crippen molar-refractivity contribution < 1.29 is 13.9 Å². The molecule has 5 rings (SSSR count). The third-order valence-electron chi connectivity index (χ3n) is 7.12. The largest absolute Gasteiger partial charge is 0.497 e. The minimum atomic E-state index is -0.413. The maximum absolute atomic E-state index is 13.2. The molecule has 0 saturated carbocycles. The van der Waals surface area contributed by atoms with Gasteiger partial charge in [0.25, 0.3) is 5.91 Å². The summed E-state index contributed by atoms with van der Waals surface area (Å²) in [5, 5.41) is 0. The number of carbonyl (C=O) groups excluding carboxylic acids is 1. The number of methoxy groups -OCH3 is 1. The van der Waals surface area contributed by atoms with Gasteiger partial charge in [0.05, 0.1) is 13.3 Å². The van der Waals surface area contributed by atoms with Gasteiger partial charge < -0.3 is 9.64 Å². The third-order valence-corrected chi connectivity index (χ3v) is 7.12. The first-order chi connectivity index (χ1) is 14.6. The number of pyridine rings is 1. The molecule has 3 aliphatic heterocycles. The summed E-state index contributed by atoms with van der Waals surface area (Å²) < 4.78 is 18.5. The van der Waals surface area contributed by atoms with E-state index in [2.05, 4.69) is 34.1 Å². The zero-order valence-electron chi connectivity index (χ0n) is 17.3. The van der Waals surface area contributed by atoms with Gasteiger partial charge in [-0.2, -0.15) is 0 Å². The summed E-state index contributed by atoms with van der Waals surface area (Å²) in [7, 11) is 1.70. The number of carbonyl (C=O) groups is 1. The Labute approximate surface area is 176 Å². The summed E-state index contributed by atoms with van der Waals surface area (Å²) in [5.41, 5.74) is 1.71. The van der Waals surface area contributed by atoms with Crippen LogP contribution in [0, 0.1) is 17.7 Å². The highest BCUT2D eigenvalue weighted by atomic mass is 19.1. The van der Waals surface area contributed by atoms with E-state index in [1.165, 1.54) is 43.4 Å². The van der Waals surface area contributed by atoms with Gasteiger partial charge in [-0.1, -0.05) is 12.1 Å². The van der Waals surface area contributed by atoms with Crippen molar-refractivity contribution in [3.8, 4) is 5.75 Å². The van der Waals surface area contributed by atoms with Crippen LogP contribution in [0.5, 0.6) is 5.75 Å². The normalized spacial score (nSPS) is 28.7. The molecule has 5 nitrogen and oxygen atoms in total. The van der Waals surface area contributed by atoms with E-state index in [9.17, 15) is 9.18 Å². The Bertz CT molecular complexity index is 902. The van der Waals surface area contributed by atoms with Gasteiger partial charge in [0.2, 0.25) is 0 Å². The molecule has 3 aliphatic rings. The molecule has 1 aromatic carbocycles. The summed E-state index contributed by atoms with van der Waals surface area (Å²) in [4.78, 5) is 21.6. The average molecular weight is 410 g/mol. The van der Waals surface area contributed by atoms with E-state index in [0.29, 0.717) is 29.6 Å². The van der Waals surface area contributed by atoms with Crippen LogP contribution < -0.4 is 4.74 Å². The molecular weight excluding hydrogens is 381 g/mol. The summed E-state index contributed by atoms with van der Waals surface area (Å²) in [5.74, 6) is 1.38. The number of aromatic nitrogens is 1. The molecule has 0 radical (unpaired) electrons. The fourth-order valence-corrected chi connectivity index (χ4v) is 5.82. The maximum Gasteiger partial charge on any atom is 0.272 e. The molecular formula is C24H28FN3O2. The molecule has 0 N–H and O–H groups in total. The van der Waals surface area contributed by atoms with E-state index in [4.69, 9.17) is 4.74 Å². The van der Waals surface area contributed by atoms with Gasteiger partial charge in [-0.3, -0.25) is 9.69 Å². The minimum Gasteiger partial charge on any atom is -0.497 e. The lowest BCUT2D eigenvalue weighted by molar-refractivity contribution is -0.0512. The second-order valence-electron chi connectivity index (χ2n) is 8.92. The number of likely N-dealkylation sites (tertiary alicyclic amines) is 1. The first kappa shape index (κ1) is 19.5. The lowest BCUT2D eigenvalue weighted by Crippen LogP contribution is -2.60. The Balaban J connectivity index is 1.33. The highest BCUT2D eigenvalue weighted by molar-refractivity contribution is 5.92. The van der Waals surface area contributed by atoms with Crippen LogP contribution >= 0.6 is 0 Å². The van der Waals surface area contributed by atoms with Gasteiger partial charge in [0.15, 0.2) is 0 Å². The molecule has 2 bridgehead atoms. The number of rotatable bonds is 3. The summed E-state index contributed by atoms with van der Waals surface area (Å²) in [6, 6.07) is 12.3. The Kier molecular flexibility index (Phi) is 5.19. The SMILES string of the molecule is COc1ccc([C@H]2CCC[C@H]3[C@@H]4C[C@@H](CN(C(=O)c5ccc(F)cn5)C4)CN23)cc1. The Morgan fingerprint density at radius 1 is 1.10 bits per heavy atom. The lowest BCUT2D eigenvalue weighted by Gasteiger charge is -2.55. The molecule has 1 aromatic heterocycles. The number of piperidine rings is 3. The first-order valence-corrected chi connectivity index (χ1v) is 10.9. The molecule has 4 atom stereocenters. The van der Waals surface area contributed by atoms with Crippen LogP contribution in [-0.4, -0.2) is 53.5 Å². The highest BCUT2D eigenvalue weighted by Crippen LogP contribution is 2.44. The van der Waals surface area contributed by atoms with Crippen LogP contribution in [0.15, 0.2) is 42.6 Å². The van der Waals surface area contributed by atoms with Crippen LogP contribution in [0.25, 0.3) is 0 Å². The van der Waals surface area contributed by atoms with E-state index >= 15 is 0 Å². The number of hydrogen-bond acceptors (Lipinski definition) is 4. The molecule has 30 heavy (non-hydrogen) atoms. The molecule has 3 saturated heterocycles. The van der Waals surface area contributed by atoms with E-state index in [-0.39, 0.29) is 5.91 Å². The summed E-state index contributed by atoms with van der Waals surface area (Å²) in [6.45, 7) is 2.55. The van der Waals surface area contributed by atoms with E-state index in [1.807, 2.05) is 4.90 Å². The van der Waals surface area contributed by atoms with Gasteiger partial charge in [0, 0.05) is 31.7 Å². The fraction of sp³-hybridized carbons (Fsp3) is 0.500. The fourth-order valence-electron chi connectivity index (χ4n) is 5.82. The Morgan fingerprint density at radius 2 is 1.93 bits per heavy atom. The highest BCUT2D eigenvalue weighted by Gasteiger charge is 2.45. The Morgan fingerprint density at radius 3 is 2.67 bits per heavy atom. The number of benzene rings is 1. The summed E-state index contributed by atoms with van der Waals surface area (Å²) >= 11 is 0. The van der Waals surface area contributed by atoms with Crippen LogP contribution in [-0.2, 0) is 0 Å². The van der Waals surface area contributed by atoms with Crippen LogP contribution in [0.3, 0.4) is 0 Å². The van der Waals surface area contributed by atoms with Crippen LogP contribution in [0.4, 0.5) is 4.39 Å². The topological polar surface area (TPSA) is 45.7 Å². The second-order valence-corrected chi connectivity index (χ2v) is 8.92. The third kappa shape index (κ3) is 3.58. The maximum atomic E-state index is 13.2. The number of amides is 1. The number of fused-ring (bicyclic) bond motifs is 4. The van der Waals surface area contributed by atoms with Crippen molar-refractivity contribution in [2.75, 3.05) is 26.7 Å². The molecule has 2 aromatic rings. The van der Waals surface area contributed by atoms with E-state index in [0.717, 1.165) is 31.6 Å². The zero-order chi connectivity index (χ0) is 20.7.